The van der Waals surface area contributed by atoms with E-state index in [0.29, 0.717) is 5.15 Å². The predicted molar refractivity (Wildman–Crippen MR) is 110 cm³/mol. The van der Waals surface area contributed by atoms with Crippen molar-refractivity contribution in [2.75, 3.05) is 5.75 Å². The molecular formula is C19H34ClNSSn. The van der Waals surface area contributed by atoms with Crippen LogP contribution in [0.1, 0.15) is 66.2 Å². The molecule has 23 heavy (non-hydrogen) atoms. The van der Waals surface area contributed by atoms with Crippen molar-refractivity contribution in [3.05, 3.63) is 17.3 Å². The number of aromatic nitrogens is 1. The quantitative estimate of drug-likeness (QED) is 0.190. The number of hydrogen-bond acceptors (Lipinski definition) is 2. The molecule has 0 aliphatic carbocycles. The second kappa shape index (κ2) is 12.0. The molecule has 0 amide bonds. The first-order chi connectivity index (χ1) is 11.1. The van der Waals surface area contributed by atoms with Gasteiger partial charge >= 0.3 is 158 Å². The van der Waals surface area contributed by atoms with Crippen LogP contribution in [0, 0.1) is 0 Å². The molecule has 4 heteroatoms. The van der Waals surface area contributed by atoms with E-state index in [1.807, 2.05) is 17.8 Å². The summed E-state index contributed by atoms with van der Waals surface area (Å²) < 4.78 is 5.86. The van der Waals surface area contributed by atoms with E-state index in [2.05, 4.69) is 33.8 Å². The molecule has 0 spiro atoms. The van der Waals surface area contributed by atoms with Gasteiger partial charge in [-0.25, -0.2) is 0 Å². The van der Waals surface area contributed by atoms with Crippen LogP contribution in [0.4, 0.5) is 0 Å². The van der Waals surface area contributed by atoms with Gasteiger partial charge in [-0.2, -0.15) is 0 Å². The van der Waals surface area contributed by atoms with Gasteiger partial charge in [-0.15, -0.1) is 0 Å². The van der Waals surface area contributed by atoms with Crippen molar-refractivity contribution < 1.29 is 0 Å². The fraction of sp³-hybridized carbons (Fsp3) is 0.737. The SMILES string of the molecule is CCC[CH2][Sn]([CH2]CCC)([CH2]CCC)[c]1nc(Cl)ccc1SCC. The van der Waals surface area contributed by atoms with E-state index in [-0.39, 0.29) is 0 Å². The number of halogens is 1. The van der Waals surface area contributed by atoms with Crippen LogP contribution in [0.15, 0.2) is 17.0 Å². The van der Waals surface area contributed by atoms with E-state index >= 15 is 0 Å². The average molecular weight is 463 g/mol. The Morgan fingerprint density at radius 2 is 1.43 bits per heavy atom. The molecule has 1 rings (SSSR count). The summed E-state index contributed by atoms with van der Waals surface area (Å²) in [5, 5.41) is 0.700. The summed E-state index contributed by atoms with van der Waals surface area (Å²) >= 11 is 5.83. The normalized spacial score (nSPS) is 11.9. The first kappa shape index (κ1) is 21.6. The maximum atomic E-state index is 6.34. The van der Waals surface area contributed by atoms with Crippen LogP contribution in [0.2, 0.25) is 18.5 Å². The second-order valence-electron chi connectivity index (χ2n) is 6.50. The molecule has 132 valence electrons. The van der Waals surface area contributed by atoms with Crippen LogP contribution >= 0.6 is 23.4 Å². The van der Waals surface area contributed by atoms with Gasteiger partial charge in [0.25, 0.3) is 0 Å². The van der Waals surface area contributed by atoms with Gasteiger partial charge < -0.3 is 0 Å². The Hall–Kier alpha value is 0.589. The van der Waals surface area contributed by atoms with E-state index in [4.69, 9.17) is 16.6 Å². The molecular weight excluding hydrogens is 428 g/mol. The van der Waals surface area contributed by atoms with Crippen molar-refractivity contribution in [1.29, 1.82) is 0 Å². The fourth-order valence-electron chi connectivity index (χ4n) is 3.35. The van der Waals surface area contributed by atoms with Crippen molar-refractivity contribution in [3.8, 4) is 0 Å². The molecule has 0 saturated carbocycles. The fourth-order valence-corrected chi connectivity index (χ4v) is 22.2. The summed E-state index contributed by atoms with van der Waals surface area (Å²) in [5.41, 5.74) is 0. The molecule has 0 N–H and O–H groups in total. The van der Waals surface area contributed by atoms with E-state index in [1.165, 1.54) is 60.4 Å². The number of hydrogen-bond donors (Lipinski definition) is 0. The van der Waals surface area contributed by atoms with Crippen LogP contribution < -0.4 is 3.71 Å². The molecule has 0 aliphatic heterocycles. The van der Waals surface area contributed by atoms with Gasteiger partial charge in [-0.3, -0.25) is 0 Å². The molecule has 0 unspecified atom stereocenters. The number of nitrogens with zero attached hydrogens (tertiary/aromatic N) is 1. The molecule has 0 bridgehead atoms. The minimum absolute atomic E-state index is 0.700. The van der Waals surface area contributed by atoms with Crippen molar-refractivity contribution in [1.82, 2.24) is 4.98 Å². The number of thioether (sulfide) groups is 1. The van der Waals surface area contributed by atoms with Crippen LogP contribution in [0.5, 0.6) is 0 Å². The molecule has 0 fully saturated rings. The molecule has 1 heterocycles. The third-order valence-electron chi connectivity index (χ3n) is 4.65. The zero-order chi connectivity index (χ0) is 17.1. The molecule has 0 saturated heterocycles. The minimum atomic E-state index is -2.47. The van der Waals surface area contributed by atoms with Gasteiger partial charge in [-0.05, 0) is 0 Å². The Morgan fingerprint density at radius 1 is 0.913 bits per heavy atom. The Bertz CT molecular complexity index is 431. The van der Waals surface area contributed by atoms with Gasteiger partial charge in [0.1, 0.15) is 0 Å². The van der Waals surface area contributed by atoms with Crippen molar-refractivity contribution in [2.45, 2.75) is 84.4 Å². The van der Waals surface area contributed by atoms with Gasteiger partial charge in [0, 0.05) is 0 Å². The molecule has 0 aliphatic rings. The topological polar surface area (TPSA) is 12.9 Å². The number of unbranched alkanes of at least 4 members (excludes halogenated alkanes) is 3. The van der Waals surface area contributed by atoms with Crippen molar-refractivity contribution in [3.63, 3.8) is 0 Å². The zero-order valence-corrected chi connectivity index (χ0v) is 19.9. The van der Waals surface area contributed by atoms with Crippen LogP contribution in [0.3, 0.4) is 0 Å². The third-order valence-corrected chi connectivity index (χ3v) is 21.5. The first-order valence-corrected chi connectivity index (χ1v) is 18.3. The number of pyridine rings is 1. The predicted octanol–water partition coefficient (Wildman–Crippen LogP) is 6.90. The van der Waals surface area contributed by atoms with Gasteiger partial charge in [0.05, 0.1) is 0 Å². The monoisotopic (exact) mass is 463 g/mol. The maximum absolute atomic E-state index is 6.34. The van der Waals surface area contributed by atoms with Gasteiger partial charge in [0.15, 0.2) is 0 Å². The zero-order valence-electron chi connectivity index (χ0n) is 15.5. The Morgan fingerprint density at radius 3 is 1.87 bits per heavy atom. The summed E-state index contributed by atoms with van der Waals surface area (Å²) in [7, 11) is 0. The van der Waals surface area contributed by atoms with E-state index in [0.717, 1.165) is 5.75 Å². The van der Waals surface area contributed by atoms with Crippen LogP contribution in [-0.2, 0) is 0 Å². The Balaban J connectivity index is 3.29. The summed E-state index contributed by atoms with van der Waals surface area (Å²) in [6.07, 6.45) is 8.00. The second-order valence-corrected chi connectivity index (χ2v) is 21.1. The average Bonchev–Trinajstić information content (AvgIpc) is 2.56. The Labute approximate surface area is 157 Å². The van der Waals surface area contributed by atoms with E-state index in [1.54, 1.807) is 0 Å². The van der Waals surface area contributed by atoms with Crippen molar-refractivity contribution in [2.24, 2.45) is 0 Å². The van der Waals surface area contributed by atoms with Gasteiger partial charge in [0.2, 0.25) is 0 Å². The molecule has 1 nitrogen and oxygen atoms in total. The van der Waals surface area contributed by atoms with Gasteiger partial charge in [-0.1, -0.05) is 0 Å². The van der Waals surface area contributed by atoms with E-state index in [9.17, 15) is 0 Å². The molecule has 1 aromatic heterocycles. The van der Waals surface area contributed by atoms with Crippen LogP contribution in [-0.4, -0.2) is 29.1 Å². The number of rotatable bonds is 12. The molecule has 1 aromatic rings. The Kier molecular flexibility index (Phi) is 11.3. The standard InChI is InChI=1S/C7H7ClNS.3C4H9.Sn/c1-2-10-6-3-4-7(8)9-5-6;3*1-3-4-2;/h3-4H,2H2,1H3;3*1,3-4H2,2H3;. The van der Waals surface area contributed by atoms with Crippen LogP contribution in [0.25, 0.3) is 0 Å². The summed E-state index contributed by atoms with van der Waals surface area (Å²) in [4.78, 5) is 6.40. The summed E-state index contributed by atoms with van der Waals surface area (Å²) in [6, 6.07) is 4.23. The molecule has 0 radical (unpaired) electrons. The first-order valence-electron chi connectivity index (χ1n) is 9.43. The molecule has 0 aromatic carbocycles. The van der Waals surface area contributed by atoms with Crippen molar-refractivity contribution >= 4 is 45.4 Å². The summed E-state index contributed by atoms with van der Waals surface area (Å²) in [5.74, 6) is 1.12. The molecule has 0 atom stereocenters. The third kappa shape index (κ3) is 6.78. The summed E-state index contributed by atoms with van der Waals surface area (Å²) in [6.45, 7) is 9.21. The van der Waals surface area contributed by atoms with E-state index < -0.39 is 18.4 Å².